The number of rotatable bonds is 4. The molecule has 0 saturated carbocycles. The quantitative estimate of drug-likeness (QED) is 0.769. The summed E-state index contributed by atoms with van der Waals surface area (Å²) in [6, 6.07) is 11.6. The van der Waals surface area contributed by atoms with Crippen LogP contribution < -0.4 is 10.2 Å². The molecule has 1 aliphatic rings. The molecule has 29 heavy (non-hydrogen) atoms. The maximum absolute atomic E-state index is 14.2. The Labute approximate surface area is 173 Å². The van der Waals surface area contributed by atoms with Crippen molar-refractivity contribution in [2.24, 2.45) is 5.92 Å². The van der Waals surface area contributed by atoms with Crippen molar-refractivity contribution in [1.82, 2.24) is 4.90 Å². The second kappa shape index (κ2) is 8.65. The van der Waals surface area contributed by atoms with Crippen LogP contribution in [0.5, 0.6) is 0 Å². The molecular weight excluding hydrogens is 393 g/mol. The molecule has 2 aromatic carbocycles. The van der Waals surface area contributed by atoms with E-state index >= 15 is 0 Å². The predicted octanol–water partition coefficient (Wildman–Crippen LogP) is 3.90. The van der Waals surface area contributed by atoms with E-state index in [9.17, 15) is 18.8 Å². The summed E-state index contributed by atoms with van der Waals surface area (Å²) in [5.74, 6) is -1.60. The Morgan fingerprint density at radius 3 is 2.48 bits per heavy atom. The van der Waals surface area contributed by atoms with E-state index in [4.69, 9.17) is 0 Å². The first kappa shape index (κ1) is 20.9. The van der Waals surface area contributed by atoms with Crippen molar-refractivity contribution < 1.29 is 18.8 Å². The molecule has 2 aromatic rings. The molecule has 8 heteroatoms. The Kier molecular flexibility index (Phi) is 6.22. The van der Waals surface area contributed by atoms with E-state index in [0.717, 1.165) is 22.2 Å². The lowest BCUT2D eigenvalue weighted by Gasteiger charge is -2.18. The fraction of sp³-hybridized carbons (Fsp3) is 0.286. The molecule has 0 aliphatic carbocycles. The topological polar surface area (TPSA) is 69.7 Å². The highest BCUT2D eigenvalue weighted by Crippen LogP contribution is 2.29. The third kappa shape index (κ3) is 4.95. The number of carbonyl (C=O) groups is 3. The Morgan fingerprint density at radius 1 is 1.17 bits per heavy atom. The molecule has 1 heterocycles. The minimum Gasteiger partial charge on any atom is -0.339 e. The first-order valence-electron chi connectivity index (χ1n) is 9.11. The van der Waals surface area contributed by atoms with Gasteiger partial charge in [-0.1, -0.05) is 6.07 Å². The first-order valence-corrected chi connectivity index (χ1v) is 9.93. The van der Waals surface area contributed by atoms with Gasteiger partial charge in [-0.3, -0.25) is 14.4 Å². The van der Waals surface area contributed by atoms with Gasteiger partial charge in [0.25, 0.3) is 5.24 Å². The molecule has 1 aliphatic heterocycles. The van der Waals surface area contributed by atoms with E-state index in [0.29, 0.717) is 5.69 Å². The second-order valence-electron chi connectivity index (χ2n) is 7.14. The summed E-state index contributed by atoms with van der Waals surface area (Å²) in [5, 5.41) is 2.70. The summed E-state index contributed by atoms with van der Waals surface area (Å²) in [5.41, 5.74) is 1.54. The van der Waals surface area contributed by atoms with E-state index in [-0.39, 0.29) is 35.7 Å². The monoisotopic (exact) mass is 415 g/mol. The number of hydrogen-bond donors (Lipinski definition) is 1. The molecule has 152 valence electrons. The van der Waals surface area contributed by atoms with Crippen LogP contribution in [0.2, 0.25) is 0 Å². The van der Waals surface area contributed by atoms with Gasteiger partial charge in [-0.2, -0.15) is 0 Å². The van der Waals surface area contributed by atoms with Gasteiger partial charge in [0.15, 0.2) is 0 Å². The molecule has 0 bridgehead atoms. The van der Waals surface area contributed by atoms with Gasteiger partial charge in [0.1, 0.15) is 5.82 Å². The van der Waals surface area contributed by atoms with Gasteiger partial charge in [0.05, 0.1) is 11.6 Å². The normalized spacial score (nSPS) is 16.1. The molecule has 0 spiro atoms. The van der Waals surface area contributed by atoms with Crippen molar-refractivity contribution >= 4 is 40.2 Å². The van der Waals surface area contributed by atoms with Gasteiger partial charge in [0, 0.05) is 37.6 Å². The number of carbonyl (C=O) groups excluding carboxylic acids is 3. The van der Waals surface area contributed by atoms with Crippen molar-refractivity contribution in [2.75, 3.05) is 30.9 Å². The predicted molar refractivity (Wildman–Crippen MR) is 112 cm³/mol. The van der Waals surface area contributed by atoms with Crippen molar-refractivity contribution in [3.05, 3.63) is 53.8 Å². The van der Waals surface area contributed by atoms with E-state index in [1.807, 2.05) is 0 Å². The largest absolute Gasteiger partial charge is 0.339 e. The van der Waals surface area contributed by atoms with Crippen LogP contribution in [0.3, 0.4) is 0 Å². The minimum atomic E-state index is -0.562. The zero-order valence-electron chi connectivity index (χ0n) is 16.4. The highest BCUT2D eigenvalue weighted by Gasteiger charge is 2.36. The number of halogens is 1. The number of anilines is 2. The highest BCUT2D eigenvalue weighted by atomic mass is 32.2. The zero-order valence-corrected chi connectivity index (χ0v) is 17.3. The number of amides is 3. The highest BCUT2D eigenvalue weighted by molar-refractivity contribution is 8.13. The lowest BCUT2D eigenvalue weighted by molar-refractivity contribution is -0.122. The van der Waals surface area contributed by atoms with Crippen LogP contribution in [-0.4, -0.2) is 42.6 Å². The van der Waals surface area contributed by atoms with Gasteiger partial charge in [0.2, 0.25) is 11.8 Å². The Bertz CT molecular complexity index is 947. The van der Waals surface area contributed by atoms with Gasteiger partial charge in [-0.15, -0.1) is 0 Å². The fourth-order valence-corrected chi connectivity index (χ4v) is 3.65. The lowest BCUT2D eigenvalue weighted by atomic mass is 10.1. The van der Waals surface area contributed by atoms with Gasteiger partial charge in [-0.25, -0.2) is 4.39 Å². The summed E-state index contributed by atoms with van der Waals surface area (Å²) < 4.78 is 14.2. The average molecular weight is 415 g/mol. The van der Waals surface area contributed by atoms with Crippen molar-refractivity contribution in [3.63, 3.8) is 0 Å². The molecule has 0 radical (unpaired) electrons. The number of nitrogens with one attached hydrogen (secondary N) is 1. The smallest absolute Gasteiger partial charge is 0.285 e. The number of thioether (sulfide) groups is 1. The zero-order chi connectivity index (χ0) is 21.1. The van der Waals surface area contributed by atoms with Crippen LogP contribution in [0.1, 0.15) is 12.0 Å². The third-order valence-corrected chi connectivity index (χ3v) is 5.63. The maximum atomic E-state index is 14.2. The van der Waals surface area contributed by atoms with Crippen LogP contribution in [0.15, 0.2) is 47.4 Å². The Balaban J connectivity index is 1.63. The summed E-state index contributed by atoms with van der Waals surface area (Å²) in [7, 11) is 3.36. The van der Waals surface area contributed by atoms with Crippen LogP contribution in [-0.2, 0) is 9.59 Å². The molecule has 1 atom stereocenters. The standard InChI is InChI=1S/C21H22FN3O3S/c1-13-4-9-18(17(22)10-13)25-12-14(11-19(25)26)20(27)23-15-5-7-16(8-6-15)29-21(28)24(2)3/h4-10,14H,11-12H2,1-3H3,(H,23,27). The Hall–Kier alpha value is -2.87. The molecule has 0 aromatic heterocycles. The number of benzene rings is 2. The SMILES string of the molecule is Cc1ccc(N2CC(C(=O)Nc3ccc(SC(=O)N(C)C)cc3)CC2=O)c(F)c1. The number of hydrogen-bond acceptors (Lipinski definition) is 4. The van der Waals surface area contributed by atoms with Crippen LogP contribution in [0.4, 0.5) is 20.6 Å². The van der Waals surface area contributed by atoms with E-state index in [2.05, 4.69) is 5.32 Å². The van der Waals surface area contributed by atoms with Gasteiger partial charge >= 0.3 is 0 Å². The van der Waals surface area contributed by atoms with Crippen molar-refractivity contribution in [2.45, 2.75) is 18.2 Å². The molecule has 3 rings (SSSR count). The Morgan fingerprint density at radius 2 is 1.86 bits per heavy atom. The van der Waals surface area contributed by atoms with Crippen LogP contribution in [0, 0.1) is 18.7 Å². The van der Waals surface area contributed by atoms with E-state index in [1.165, 1.54) is 15.9 Å². The average Bonchev–Trinajstić information content (AvgIpc) is 3.05. The molecule has 1 N–H and O–H groups in total. The number of aryl methyl sites for hydroxylation is 1. The van der Waals surface area contributed by atoms with Crippen LogP contribution in [0.25, 0.3) is 0 Å². The second-order valence-corrected chi connectivity index (χ2v) is 8.16. The molecule has 1 unspecified atom stereocenters. The molecule has 3 amide bonds. The van der Waals surface area contributed by atoms with Crippen molar-refractivity contribution in [1.29, 1.82) is 0 Å². The fourth-order valence-electron chi connectivity index (χ4n) is 2.99. The van der Waals surface area contributed by atoms with Gasteiger partial charge < -0.3 is 15.1 Å². The molecule has 6 nitrogen and oxygen atoms in total. The van der Waals surface area contributed by atoms with Gasteiger partial charge in [-0.05, 0) is 60.6 Å². The van der Waals surface area contributed by atoms with Crippen molar-refractivity contribution in [3.8, 4) is 0 Å². The van der Waals surface area contributed by atoms with E-state index < -0.39 is 11.7 Å². The minimum absolute atomic E-state index is 0.0322. The maximum Gasteiger partial charge on any atom is 0.285 e. The molecular formula is C21H22FN3O3S. The van der Waals surface area contributed by atoms with E-state index in [1.54, 1.807) is 57.4 Å². The van der Waals surface area contributed by atoms with Crippen LogP contribution >= 0.6 is 11.8 Å². The number of nitrogens with zero attached hydrogens (tertiary/aromatic N) is 2. The third-order valence-electron chi connectivity index (χ3n) is 4.58. The summed E-state index contributed by atoms with van der Waals surface area (Å²) in [6.07, 6.45) is 0.0322. The summed E-state index contributed by atoms with van der Waals surface area (Å²) in [6.45, 7) is 1.91. The molecule has 1 saturated heterocycles. The summed E-state index contributed by atoms with van der Waals surface area (Å²) >= 11 is 1.09. The molecule has 1 fully saturated rings. The lowest BCUT2D eigenvalue weighted by Crippen LogP contribution is -2.28. The first-order chi connectivity index (χ1) is 13.7. The summed E-state index contributed by atoms with van der Waals surface area (Å²) in [4.78, 5) is 40.2.